The van der Waals surface area contributed by atoms with Gasteiger partial charge in [-0.2, -0.15) is 0 Å². The average Bonchev–Trinajstić information content (AvgIpc) is 2.55. The summed E-state index contributed by atoms with van der Waals surface area (Å²) in [5.41, 5.74) is -1.52. The van der Waals surface area contributed by atoms with Gasteiger partial charge < -0.3 is 0 Å². The molecule has 4 heteroatoms. The molecule has 3 atom stereocenters. The van der Waals surface area contributed by atoms with Crippen LogP contribution in [0.4, 0.5) is 0 Å². The SMILES string of the molecule is C[C@@H]1C[C@H](C)SC(P(=[Se])(c2ccccc2)c2ccccc2)S1. The summed E-state index contributed by atoms with van der Waals surface area (Å²) >= 11 is 8.04. The van der Waals surface area contributed by atoms with Crippen molar-refractivity contribution in [2.75, 3.05) is 0 Å². The average molecular weight is 411 g/mol. The van der Waals surface area contributed by atoms with E-state index in [0.717, 1.165) is 10.5 Å². The molecule has 1 aliphatic rings. The van der Waals surface area contributed by atoms with Crippen molar-refractivity contribution in [1.29, 1.82) is 0 Å². The Morgan fingerprint density at radius 2 is 1.23 bits per heavy atom. The Balaban J connectivity index is 2.10. The van der Waals surface area contributed by atoms with Crippen LogP contribution in [0, 0.1) is 0 Å². The Labute approximate surface area is 150 Å². The van der Waals surface area contributed by atoms with Crippen LogP contribution in [-0.4, -0.2) is 29.9 Å². The van der Waals surface area contributed by atoms with Gasteiger partial charge >= 0.3 is 150 Å². The second-order valence-corrected chi connectivity index (χ2v) is 16.3. The zero-order valence-electron chi connectivity index (χ0n) is 12.9. The molecule has 116 valence electrons. The van der Waals surface area contributed by atoms with Gasteiger partial charge in [-0.25, -0.2) is 0 Å². The first-order valence-corrected chi connectivity index (χ1v) is 13.6. The van der Waals surface area contributed by atoms with Gasteiger partial charge in [0.1, 0.15) is 0 Å². The van der Waals surface area contributed by atoms with Crippen LogP contribution in [-0.2, 0) is 0 Å². The molecule has 2 aromatic carbocycles. The van der Waals surface area contributed by atoms with E-state index in [4.69, 9.17) is 0 Å². The molecule has 1 saturated heterocycles. The van der Waals surface area contributed by atoms with E-state index in [-0.39, 0.29) is 0 Å². The molecular weight excluding hydrogens is 390 g/mol. The summed E-state index contributed by atoms with van der Waals surface area (Å²) in [6, 6.07) is 22.2. The van der Waals surface area contributed by atoms with Crippen molar-refractivity contribution < 1.29 is 0 Å². The molecule has 0 spiro atoms. The number of benzene rings is 2. The Morgan fingerprint density at radius 3 is 1.64 bits per heavy atom. The first kappa shape index (κ1) is 16.9. The third-order valence-electron chi connectivity index (χ3n) is 3.94. The van der Waals surface area contributed by atoms with Gasteiger partial charge in [-0.3, -0.25) is 0 Å². The molecule has 0 N–H and O–H groups in total. The van der Waals surface area contributed by atoms with Crippen LogP contribution in [0.3, 0.4) is 0 Å². The van der Waals surface area contributed by atoms with Gasteiger partial charge in [0, 0.05) is 0 Å². The monoisotopic (exact) mass is 412 g/mol. The predicted octanol–water partition coefficient (Wildman–Crippen LogP) is 4.67. The zero-order valence-corrected chi connectivity index (χ0v) is 17.1. The summed E-state index contributed by atoms with van der Waals surface area (Å²) in [5, 5.41) is 4.43. The zero-order chi connectivity index (χ0) is 15.6. The van der Waals surface area contributed by atoms with Crippen molar-refractivity contribution in [1.82, 2.24) is 0 Å². The van der Waals surface area contributed by atoms with Gasteiger partial charge in [-0.1, -0.05) is 0 Å². The molecule has 1 fully saturated rings. The molecule has 22 heavy (non-hydrogen) atoms. The van der Waals surface area contributed by atoms with Crippen LogP contribution >= 0.6 is 29.0 Å². The predicted molar refractivity (Wildman–Crippen MR) is 107 cm³/mol. The molecule has 2 aromatic rings. The fourth-order valence-electron chi connectivity index (χ4n) is 2.87. The molecule has 3 rings (SSSR count). The van der Waals surface area contributed by atoms with Crippen LogP contribution in [0.5, 0.6) is 0 Å². The van der Waals surface area contributed by atoms with Crippen molar-refractivity contribution in [3.05, 3.63) is 60.7 Å². The van der Waals surface area contributed by atoms with Crippen molar-refractivity contribution in [2.45, 2.75) is 35.1 Å². The van der Waals surface area contributed by atoms with E-state index in [1.165, 1.54) is 17.0 Å². The molecule has 1 heterocycles. The van der Waals surface area contributed by atoms with Crippen LogP contribution in [0.15, 0.2) is 60.7 Å². The standard InChI is InChI=1S/C18H21PS2Se/c1-14-13-15(2)21-18(20-14)19(22,16-9-5-3-6-10-16)17-11-7-4-8-12-17/h3-12,14-15,18H,13H2,1-2H3/t14-,15+,18?. The van der Waals surface area contributed by atoms with Gasteiger partial charge in [0.05, 0.1) is 0 Å². The van der Waals surface area contributed by atoms with E-state index in [0.29, 0.717) is 4.32 Å². The molecule has 0 saturated carbocycles. The van der Waals surface area contributed by atoms with Crippen LogP contribution in [0.1, 0.15) is 20.3 Å². The normalized spacial score (nSPS) is 25.8. The Morgan fingerprint density at radius 1 is 0.818 bits per heavy atom. The second kappa shape index (κ2) is 7.32. The van der Waals surface area contributed by atoms with Crippen LogP contribution in [0.2, 0.25) is 0 Å². The summed E-state index contributed by atoms with van der Waals surface area (Å²) in [4.78, 5) is 0. The Kier molecular flexibility index (Phi) is 5.64. The summed E-state index contributed by atoms with van der Waals surface area (Å²) in [6.07, 6.45) is 1.31. The van der Waals surface area contributed by atoms with Crippen molar-refractivity contribution in [3.8, 4) is 0 Å². The van der Waals surface area contributed by atoms with Gasteiger partial charge in [-0.15, -0.1) is 0 Å². The van der Waals surface area contributed by atoms with E-state index in [9.17, 15) is 0 Å². The first-order chi connectivity index (χ1) is 10.6. The second-order valence-electron chi connectivity index (χ2n) is 5.77. The summed E-state index contributed by atoms with van der Waals surface area (Å²) in [6.45, 7) is 4.77. The summed E-state index contributed by atoms with van der Waals surface area (Å²) in [5.74, 6) is 0. The van der Waals surface area contributed by atoms with Gasteiger partial charge in [0.25, 0.3) is 0 Å². The first-order valence-electron chi connectivity index (χ1n) is 7.62. The van der Waals surface area contributed by atoms with Gasteiger partial charge in [0.15, 0.2) is 0 Å². The molecule has 0 bridgehead atoms. The Hall–Kier alpha value is 0.0895. The van der Waals surface area contributed by atoms with Crippen LogP contribution in [0.25, 0.3) is 0 Å². The molecule has 0 aliphatic carbocycles. The fraction of sp³-hybridized carbons (Fsp3) is 0.333. The fourth-order valence-corrected chi connectivity index (χ4v) is 15.5. The third-order valence-corrected chi connectivity index (χ3v) is 17.5. The Bertz CT molecular complexity index is 606. The van der Waals surface area contributed by atoms with E-state index >= 15 is 0 Å². The molecule has 1 aliphatic heterocycles. The summed E-state index contributed by atoms with van der Waals surface area (Å²) < 4.78 is 0.607. The molecule has 0 radical (unpaired) electrons. The molecular formula is C18H21PS2Se. The number of thioether (sulfide) groups is 2. The van der Waals surface area contributed by atoms with Crippen LogP contribution < -0.4 is 10.6 Å². The van der Waals surface area contributed by atoms with Gasteiger partial charge in [-0.05, 0) is 0 Å². The van der Waals surface area contributed by atoms with E-state index in [2.05, 4.69) is 113 Å². The number of hydrogen-bond acceptors (Lipinski definition) is 2. The minimum absolute atomic E-state index is 0.607. The third kappa shape index (κ3) is 3.45. The maximum absolute atomic E-state index is 3.70. The van der Waals surface area contributed by atoms with Crippen molar-refractivity contribution >= 4 is 54.7 Å². The van der Waals surface area contributed by atoms with Crippen molar-refractivity contribution in [3.63, 3.8) is 0 Å². The summed E-state index contributed by atoms with van der Waals surface area (Å²) in [7, 11) is 0. The van der Waals surface area contributed by atoms with E-state index < -0.39 is 5.51 Å². The number of rotatable bonds is 3. The van der Waals surface area contributed by atoms with Crippen molar-refractivity contribution in [2.24, 2.45) is 0 Å². The van der Waals surface area contributed by atoms with E-state index in [1.807, 2.05) is 0 Å². The molecule has 0 amide bonds. The molecule has 0 aromatic heterocycles. The number of hydrogen-bond donors (Lipinski definition) is 0. The molecule has 0 nitrogen and oxygen atoms in total. The van der Waals surface area contributed by atoms with Gasteiger partial charge in [0.2, 0.25) is 0 Å². The topological polar surface area (TPSA) is 0 Å². The minimum atomic E-state index is -1.52. The van der Waals surface area contributed by atoms with E-state index in [1.54, 1.807) is 0 Å². The maximum atomic E-state index is 3.70. The molecule has 1 unspecified atom stereocenters. The quantitative estimate of drug-likeness (QED) is 0.532.